The summed E-state index contributed by atoms with van der Waals surface area (Å²) in [6.45, 7) is 2.09. The number of benzene rings is 1. The smallest absolute Gasteiger partial charge is 0.298 e. The third-order valence-electron chi connectivity index (χ3n) is 3.17. The second-order valence-corrected chi connectivity index (χ2v) is 4.22. The molecule has 1 unspecified atom stereocenters. The van der Waals surface area contributed by atoms with E-state index in [2.05, 4.69) is 15.2 Å². The van der Waals surface area contributed by atoms with Crippen LogP contribution in [-0.4, -0.2) is 31.2 Å². The van der Waals surface area contributed by atoms with Crippen molar-refractivity contribution < 1.29 is 4.42 Å². The molecule has 0 saturated carbocycles. The summed E-state index contributed by atoms with van der Waals surface area (Å²) < 4.78 is 5.73. The Balaban J connectivity index is 1.92. The van der Waals surface area contributed by atoms with Crippen molar-refractivity contribution in [3.8, 4) is 0 Å². The van der Waals surface area contributed by atoms with Crippen LogP contribution in [0.1, 0.15) is 6.42 Å². The molecular weight excluding hydrogens is 202 g/mol. The second-order valence-electron chi connectivity index (χ2n) is 4.22. The van der Waals surface area contributed by atoms with E-state index >= 15 is 0 Å². The van der Waals surface area contributed by atoms with Crippen molar-refractivity contribution in [3.63, 3.8) is 0 Å². The van der Waals surface area contributed by atoms with Gasteiger partial charge in [0.2, 0.25) is 0 Å². The van der Waals surface area contributed by atoms with Gasteiger partial charge in [-0.25, -0.2) is 0 Å². The molecule has 2 heterocycles. The van der Waals surface area contributed by atoms with Crippen LogP contribution in [0.4, 0.5) is 6.01 Å². The molecule has 0 aliphatic carbocycles. The van der Waals surface area contributed by atoms with E-state index in [1.165, 1.54) is 0 Å². The highest BCUT2D eigenvalue weighted by Gasteiger charge is 2.22. The number of hydrogen-bond donors (Lipinski definition) is 1. The lowest BCUT2D eigenvalue weighted by Crippen LogP contribution is -2.33. The van der Waals surface area contributed by atoms with E-state index in [1.54, 1.807) is 0 Å². The maximum atomic E-state index is 5.73. The largest absolute Gasteiger partial charge is 0.423 e. The molecule has 0 spiro atoms. The van der Waals surface area contributed by atoms with Crippen molar-refractivity contribution in [2.45, 2.75) is 12.5 Å². The molecule has 0 bridgehead atoms. The summed E-state index contributed by atoms with van der Waals surface area (Å²) in [6.07, 6.45) is 1.15. The van der Waals surface area contributed by atoms with Crippen molar-refractivity contribution in [2.24, 2.45) is 0 Å². The highest BCUT2D eigenvalue weighted by Crippen LogP contribution is 2.23. The highest BCUT2D eigenvalue weighted by atomic mass is 16.4. The summed E-state index contributed by atoms with van der Waals surface area (Å²) in [5.74, 6) is 0. The van der Waals surface area contributed by atoms with Gasteiger partial charge in [0.05, 0.1) is 0 Å². The SMILES string of the molecule is CN(c1nc2ccccc2o1)C1CCNC1. The van der Waals surface area contributed by atoms with Crippen molar-refractivity contribution in [2.75, 3.05) is 25.0 Å². The van der Waals surface area contributed by atoms with Crippen molar-refractivity contribution in [1.29, 1.82) is 0 Å². The molecule has 1 saturated heterocycles. The van der Waals surface area contributed by atoms with Crippen LogP contribution in [0.3, 0.4) is 0 Å². The minimum atomic E-state index is 0.494. The lowest BCUT2D eigenvalue weighted by molar-refractivity contribution is 0.548. The molecule has 1 aromatic carbocycles. The van der Waals surface area contributed by atoms with Gasteiger partial charge in [-0.3, -0.25) is 0 Å². The quantitative estimate of drug-likeness (QED) is 0.830. The van der Waals surface area contributed by atoms with E-state index in [-0.39, 0.29) is 0 Å². The average Bonchev–Trinajstić information content (AvgIpc) is 2.97. The number of hydrogen-bond acceptors (Lipinski definition) is 4. The van der Waals surface area contributed by atoms with Crippen LogP contribution < -0.4 is 10.2 Å². The van der Waals surface area contributed by atoms with Gasteiger partial charge in [0.25, 0.3) is 6.01 Å². The van der Waals surface area contributed by atoms with E-state index in [1.807, 2.05) is 31.3 Å². The number of rotatable bonds is 2. The van der Waals surface area contributed by atoms with Crippen molar-refractivity contribution in [3.05, 3.63) is 24.3 Å². The topological polar surface area (TPSA) is 41.3 Å². The molecule has 1 atom stereocenters. The lowest BCUT2D eigenvalue weighted by Gasteiger charge is -2.21. The Bertz CT molecular complexity index is 455. The van der Waals surface area contributed by atoms with Crippen LogP contribution in [-0.2, 0) is 0 Å². The standard InChI is InChI=1S/C12H15N3O/c1-15(9-6-7-13-8-9)12-14-10-4-2-3-5-11(10)16-12/h2-5,9,13H,6-8H2,1H3. The van der Waals surface area contributed by atoms with Crippen LogP contribution in [0, 0.1) is 0 Å². The summed E-state index contributed by atoms with van der Waals surface area (Å²) in [5.41, 5.74) is 1.78. The van der Waals surface area contributed by atoms with E-state index < -0.39 is 0 Å². The molecule has 84 valence electrons. The van der Waals surface area contributed by atoms with Crippen molar-refractivity contribution in [1.82, 2.24) is 10.3 Å². The summed E-state index contributed by atoms with van der Waals surface area (Å²) in [7, 11) is 2.04. The first-order chi connectivity index (χ1) is 7.84. The molecule has 1 aliphatic rings. The molecule has 1 N–H and O–H groups in total. The van der Waals surface area contributed by atoms with E-state index in [0.29, 0.717) is 6.04 Å². The van der Waals surface area contributed by atoms with E-state index in [0.717, 1.165) is 36.6 Å². The number of likely N-dealkylation sites (N-methyl/N-ethyl adjacent to an activating group) is 1. The van der Waals surface area contributed by atoms with E-state index in [9.17, 15) is 0 Å². The Morgan fingerprint density at radius 2 is 2.31 bits per heavy atom. The van der Waals surface area contributed by atoms with Gasteiger partial charge in [-0.1, -0.05) is 12.1 Å². The van der Waals surface area contributed by atoms with Gasteiger partial charge < -0.3 is 14.6 Å². The minimum Gasteiger partial charge on any atom is -0.423 e. The highest BCUT2D eigenvalue weighted by molar-refractivity contribution is 5.74. The van der Waals surface area contributed by atoms with Crippen molar-refractivity contribution >= 4 is 17.1 Å². The number of para-hydroxylation sites is 2. The Kier molecular flexibility index (Phi) is 2.29. The van der Waals surface area contributed by atoms with Gasteiger partial charge in [-0.15, -0.1) is 0 Å². The first-order valence-electron chi connectivity index (χ1n) is 5.64. The number of oxazole rings is 1. The molecule has 1 aromatic heterocycles. The van der Waals surface area contributed by atoms with Gasteiger partial charge in [0.15, 0.2) is 5.58 Å². The number of fused-ring (bicyclic) bond motifs is 1. The maximum absolute atomic E-state index is 5.73. The number of nitrogens with one attached hydrogen (secondary N) is 1. The van der Waals surface area contributed by atoms with Gasteiger partial charge >= 0.3 is 0 Å². The van der Waals surface area contributed by atoms with Gasteiger partial charge in [0.1, 0.15) is 5.52 Å². The molecule has 0 amide bonds. The first kappa shape index (κ1) is 9.66. The molecule has 2 aromatic rings. The predicted octanol–water partition coefficient (Wildman–Crippen LogP) is 1.63. The van der Waals surface area contributed by atoms with Gasteiger partial charge in [-0.2, -0.15) is 4.98 Å². The van der Waals surface area contributed by atoms with Crippen LogP contribution in [0.25, 0.3) is 11.1 Å². The predicted molar refractivity (Wildman–Crippen MR) is 63.7 cm³/mol. The monoisotopic (exact) mass is 217 g/mol. The Hall–Kier alpha value is -1.55. The molecule has 0 radical (unpaired) electrons. The molecule has 1 fully saturated rings. The third kappa shape index (κ3) is 1.55. The third-order valence-corrected chi connectivity index (χ3v) is 3.17. The van der Waals surface area contributed by atoms with Gasteiger partial charge in [-0.05, 0) is 25.1 Å². The molecule has 3 rings (SSSR count). The number of aromatic nitrogens is 1. The number of anilines is 1. The minimum absolute atomic E-state index is 0.494. The van der Waals surface area contributed by atoms with Crippen LogP contribution in [0.2, 0.25) is 0 Å². The molecule has 1 aliphatic heterocycles. The van der Waals surface area contributed by atoms with Crippen LogP contribution in [0.15, 0.2) is 28.7 Å². The fraction of sp³-hybridized carbons (Fsp3) is 0.417. The van der Waals surface area contributed by atoms with Crippen LogP contribution in [0.5, 0.6) is 0 Å². The average molecular weight is 217 g/mol. The zero-order valence-corrected chi connectivity index (χ0v) is 9.31. The summed E-state index contributed by atoms with van der Waals surface area (Å²) in [6, 6.07) is 9.08. The second kappa shape index (κ2) is 3.79. The Labute approximate surface area is 94.3 Å². The number of nitrogens with zero attached hydrogens (tertiary/aromatic N) is 2. The summed E-state index contributed by atoms with van der Waals surface area (Å²) >= 11 is 0. The summed E-state index contributed by atoms with van der Waals surface area (Å²) in [4.78, 5) is 6.61. The molecule has 16 heavy (non-hydrogen) atoms. The summed E-state index contributed by atoms with van der Waals surface area (Å²) in [5, 5.41) is 3.35. The maximum Gasteiger partial charge on any atom is 0.298 e. The fourth-order valence-corrected chi connectivity index (χ4v) is 2.14. The lowest BCUT2D eigenvalue weighted by atomic mass is 10.2. The van der Waals surface area contributed by atoms with Gasteiger partial charge in [0, 0.05) is 19.6 Å². The normalized spacial score (nSPS) is 20.4. The zero-order chi connectivity index (χ0) is 11.0. The molecular formula is C12H15N3O. The molecule has 4 heteroatoms. The molecule has 4 nitrogen and oxygen atoms in total. The zero-order valence-electron chi connectivity index (χ0n) is 9.31. The first-order valence-corrected chi connectivity index (χ1v) is 5.64. The Morgan fingerprint density at radius 3 is 3.06 bits per heavy atom. The Morgan fingerprint density at radius 1 is 1.44 bits per heavy atom. The van der Waals surface area contributed by atoms with Crippen LogP contribution >= 0.6 is 0 Å². The van der Waals surface area contributed by atoms with E-state index in [4.69, 9.17) is 4.42 Å². The fourth-order valence-electron chi connectivity index (χ4n) is 2.14.